The molecule has 4 aromatic carbocycles. The molecule has 0 N–H and O–H groups in total. The van der Waals surface area contributed by atoms with Crippen LogP contribution in [-0.2, 0) is 26.2 Å². The smallest absolute Gasteiger partial charge is 0.231 e. The molecule has 45 heavy (non-hydrogen) atoms. The minimum atomic E-state index is 0.268. The number of benzene rings is 4. The maximum atomic E-state index is 5.86. The van der Waals surface area contributed by atoms with Crippen LogP contribution >= 0.6 is 11.8 Å². The van der Waals surface area contributed by atoms with Crippen molar-refractivity contribution in [1.82, 2.24) is 14.5 Å². The van der Waals surface area contributed by atoms with E-state index in [0.29, 0.717) is 6.61 Å². The summed E-state index contributed by atoms with van der Waals surface area (Å²) in [4.78, 5) is 9.13. The lowest BCUT2D eigenvalue weighted by molar-refractivity contribution is 0.174. The van der Waals surface area contributed by atoms with Gasteiger partial charge in [-0.1, -0.05) is 74.0 Å². The summed E-state index contributed by atoms with van der Waals surface area (Å²) in [5.41, 5.74) is 6.92. The minimum absolute atomic E-state index is 0.268. The van der Waals surface area contributed by atoms with Gasteiger partial charge in [0.25, 0.3) is 0 Å². The molecule has 7 heteroatoms. The lowest BCUT2D eigenvalue weighted by atomic mass is 10.1. The van der Waals surface area contributed by atoms with Crippen LogP contribution in [0.25, 0.3) is 22.6 Å². The molecule has 0 saturated heterocycles. The Labute approximate surface area is 271 Å². The highest BCUT2D eigenvalue weighted by Gasteiger charge is 2.23. The monoisotopic (exact) mass is 619 g/mol. The molecule has 6 nitrogen and oxygen atoms in total. The molecule has 0 aliphatic carbocycles. The van der Waals surface area contributed by atoms with Crippen LogP contribution in [0.4, 0.5) is 0 Å². The van der Waals surface area contributed by atoms with Gasteiger partial charge >= 0.3 is 0 Å². The van der Waals surface area contributed by atoms with Crippen LogP contribution in [0, 0.1) is 0 Å². The molecule has 0 fully saturated rings. The van der Waals surface area contributed by atoms with Gasteiger partial charge in [-0.15, -0.1) is 11.8 Å². The highest BCUT2D eigenvalue weighted by atomic mass is 32.2. The van der Waals surface area contributed by atoms with E-state index in [-0.39, 0.29) is 6.79 Å². The van der Waals surface area contributed by atoms with Crippen molar-refractivity contribution in [3.05, 3.63) is 114 Å². The molecule has 5 aromatic rings. The first-order chi connectivity index (χ1) is 22.1. The van der Waals surface area contributed by atoms with Gasteiger partial charge in [0.05, 0.1) is 18.0 Å². The lowest BCUT2D eigenvalue weighted by Crippen LogP contribution is -2.24. The third-order valence-corrected chi connectivity index (χ3v) is 8.74. The quantitative estimate of drug-likeness (QED) is 0.116. The Kier molecular flexibility index (Phi) is 10.1. The fourth-order valence-corrected chi connectivity index (χ4v) is 6.31. The van der Waals surface area contributed by atoms with E-state index < -0.39 is 0 Å². The van der Waals surface area contributed by atoms with Crippen molar-refractivity contribution in [2.75, 3.05) is 19.7 Å². The summed E-state index contributed by atoms with van der Waals surface area (Å²) in [5, 5.41) is 0. The molecule has 1 aliphatic rings. The zero-order valence-electron chi connectivity index (χ0n) is 26.4. The first kappa shape index (κ1) is 30.8. The Morgan fingerprint density at radius 3 is 2.38 bits per heavy atom. The third-order valence-electron chi connectivity index (χ3n) is 8.02. The Morgan fingerprint density at radius 2 is 1.58 bits per heavy atom. The van der Waals surface area contributed by atoms with Gasteiger partial charge in [-0.2, -0.15) is 0 Å². The molecule has 0 bridgehead atoms. The summed E-state index contributed by atoms with van der Waals surface area (Å²) < 4.78 is 19.7. The predicted octanol–water partition coefficient (Wildman–Crippen LogP) is 9.07. The number of aromatic nitrogens is 2. The van der Waals surface area contributed by atoms with E-state index in [1.807, 2.05) is 19.1 Å². The molecule has 0 radical (unpaired) electrons. The van der Waals surface area contributed by atoms with Crippen molar-refractivity contribution in [2.45, 2.75) is 57.8 Å². The molecule has 1 aromatic heterocycles. The second-order valence-corrected chi connectivity index (χ2v) is 12.1. The van der Waals surface area contributed by atoms with Crippen LogP contribution in [0.5, 0.6) is 17.2 Å². The van der Waals surface area contributed by atoms with Crippen molar-refractivity contribution in [3.8, 4) is 39.9 Å². The third kappa shape index (κ3) is 7.38. The Balaban J connectivity index is 1.45. The second-order valence-electron chi connectivity index (χ2n) is 11.2. The highest BCUT2D eigenvalue weighted by molar-refractivity contribution is 7.98. The summed E-state index contributed by atoms with van der Waals surface area (Å²) in [6, 6.07) is 34.1. The van der Waals surface area contributed by atoms with Gasteiger partial charge in [0.15, 0.2) is 11.5 Å². The van der Waals surface area contributed by atoms with E-state index >= 15 is 0 Å². The van der Waals surface area contributed by atoms with Crippen molar-refractivity contribution >= 4 is 11.8 Å². The summed E-state index contributed by atoms with van der Waals surface area (Å²) in [7, 11) is 0. The SMILES string of the molecule is CCCCn1c(-c2ccccc2)nc(-c2cccc(SC)c2)c1CN(Cc1cccc(OCC)c1)Cc1ccc2c(c1)OCO2. The number of imidazole rings is 1. The maximum absolute atomic E-state index is 5.86. The van der Waals surface area contributed by atoms with E-state index in [9.17, 15) is 0 Å². The van der Waals surface area contributed by atoms with Crippen LogP contribution in [0.3, 0.4) is 0 Å². The first-order valence-corrected chi connectivity index (χ1v) is 17.0. The van der Waals surface area contributed by atoms with E-state index in [0.717, 1.165) is 78.9 Å². The second kappa shape index (κ2) is 14.7. The number of fused-ring (bicyclic) bond motifs is 1. The lowest BCUT2D eigenvalue weighted by Gasteiger charge is -2.25. The largest absolute Gasteiger partial charge is 0.494 e. The van der Waals surface area contributed by atoms with Crippen LogP contribution in [0.2, 0.25) is 0 Å². The average molecular weight is 620 g/mol. The molecule has 0 spiro atoms. The zero-order chi connectivity index (χ0) is 31.0. The standard InChI is InChI=1S/C38H41N3O3S/c1-4-6-20-41-34(37(31-15-11-17-33(23-31)45-3)39-38(41)30-13-8-7-9-14-30)26-40(24-28-12-10-16-32(21-28)42-5-2)25-29-18-19-35-36(22-29)44-27-43-35/h7-19,21-23H,4-6,20,24-27H2,1-3H3. The number of hydrogen-bond acceptors (Lipinski definition) is 6. The van der Waals surface area contributed by atoms with Gasteiger partial charge < -0.3 is 18.8 Å². The van der Waals surface area contributed by atoms with Crippen LogP contribution in [-0.4, -0.2) is 34.1 Å². The Hall–Kier alpha value is -4.20. The summed E-state index contributed by atoms with van der Waals surface area (Å²) >= 11 is 1.76. The van der Waals surface area contributed by atoms with Gasteiger partial charge in [-0.05, 0) is 67.1 Å². The molecule has 6 rings (SSSR count). The van der Waals surface area contributed by atoms with Crippen LogP contribution in [0.1, 0.15) is 43.5 Å². The number of nitrogens with zero attached hydrogens (tertiary/aromatic N) is 3. The summed E-state index contributed by atoms with van der Waals surface area (Å²) in [6.07, 6.45) is 4.30. The van der Waals surface area contributed by atoms with Crippen molar-refractivity contribution in [1.29, 1.82) is 0 Å². The van der Waals surface area contributed by atoms with E-state index in [2.05, 4.69) is 108 Å². The van der Waals surface area contributed by atoms with Crippen molar-refractivity contribution in [2.24, 2.45) is 0 Å². The normalized spacial score (nSPS) is 12.2. The topological polar surface area (TPSA) is 48.8 Å². The summed E-state index contributed by atoms with van der Waals surface area (Å²) in [6.45, 7) is 8.29. The fourth-order valence-electron chi connectivity index (χ4n) is 5.85. The molecular formula is C38H41N3O3S. The summed E-state index contributed by atoms with van der Waals surface area (Å²) in [5.74, 6) is 3.52. The predicted molar refractivity (Wildman–Crippen MR) is 183 cm³/mol. The fraction of sp³-hybridized carbons (Fsp3) is 0.289. The number of thioether (sulfide) groups is 1. The molecule has 0 amide bonds. The Bertz CT molecular complexity index is 1720. The van der Waals surface area contributed by atoms with E-state index in [1.54, 1.807) is 11.8 Å². The molecule has 0 saturated carbocycles. The molecule has 1 aliphatic heterocycles. The number of unbranched alkanes of at least 4 members (excludes halogenated alkanes) is 1. The minimum Gasteiger partial charge on any atom is -0.494 e. The highest BCUT2D eigenvalue weighted by Crippen LogP contribution is 2.35. The molecule has 0 unspecified atom stereocenters. The zero-order valence-corrected chi connectivity index (χ0v) is 27.2. The van der Waals surface area contributed by atoms with Gasteiger partial charge in [-0.3, -0.25) is 4.90 Å². The van der Waals surface area contributed by atoms with Crippen LogP contribution < -0.4 is 14.2 Å². The Morgan fingerprint density at radius 1 is 0.800 bits per heavy atom. The number of rotatable bonds is 14. The van der Waals surface area contributed by atoms with Crippen molar-refractivity contribution in [3.63, 3.8) is 0 Å². The van der Waals surface area contributed by atoms with E-state index in [4.69, 9.17) is 19.2 Å². The van der Waals surface area contributed by atoms with Crippen molar-refractivity contribution < 1.29 is 14.2 Å². The number of ether oxygens (including phenoxy) is 3. The van der Waals surface area contributed by atoms with E-state index in [1.165, 1.54) is 21.7 Å². The maximum Gasteiger partial charge on any atom is 0.231 e. The van der Waals surface area contributed by atoms with Gasteiger partial charge in [0, 0.05) is 42.2 Å². The molecule has 2 heterocycles. The first-order valence-electron chi connectivity index (χ1n) is 15.8. The number of hydrogen-bond donors (Lipinski definition) is 0. The van der Waals surface area contributed by atoms with Gasteiger partial charge in [-0.25, -0.2) is 4.98 Å². The molecular weight excluding hydrogens is 579 g/mol. The van der Waals surface area contributed by atoms with Gasteiger partial charge in [0.2, 0.25) is 6.79 Å². The molecule has 232 valence electrons. The van der Waals surface area contributed by atoms with Gasteiger partial charge in [0.1, 0.15) is 11.6 Å². The average Bonchev–Trinajstić information content (AvgIpc) is 3.69. The molecule has 0 atom stereocenters. The van der Waals surface area contributed by atoms with Crippen LogP contribution in [0.15, 0.2) is 102 Å².